The molecule has 0 bridgehead atoms. The van der Waals surface area contributed by atoms with Crippen LogP contribution in [0.5, 0.6) is 5.75 Å². The number of hydrogen-bond donors (Lipinski definition) is 2. The van der Waals surface area contributed by atoms with Crippen LogP contribution in [0.2, 0.25) is 0 Å². The lowest BCUT2D eigenvalue weighted by atomic mass is 10.1. The van der Waals surface area contributed by atoms with E-state index >= 15 is 0 Å². The van der Waals surface area contributed by atoms with Gasteiger partial charge in [-0.25, -0.2) is 8.42 Å². The van der Waals surface area contributed by atoms with E-state index in [1.165, 1.54) is 30.2 Å². The molecule has 0 spiro atoms. The molecule has 0 radical (unpaired) electrons. The van der Waals surface area contributed by atoms with Crippen molar-refractivity contribution in [2.75, 3.05) is 33.6 Å². The van der Waals surface area contributed by atoms with Gasteiger partial charge in [0.25, 0.3) is 0 Å². The van der Waals surface area contributed by atoms with Gasteiger partial charge in [0.2, 0.25) is 15.9 Å². The number of hydrogen-bond acceptors (Lipinski definition) is 7. The number of thioether (sulfide) groups is 1. The molecule has 10 heteroatoms. The summed E-state index contributed by atoms with van der Waals surface area (Å²) in [7, 11) is -0.688. The average molecular weight is 508 g/mol. The maximum absolute atomic E-state index is 13.1. The van der Waals surface area contributed by atoms with E-state index in [-0.39, 0.29) is 24.0 Å². The van der Waals surface area contributed by atoms with Crippen molar-refractivity contribution in [3.8, 4) is 5.75 Å². The fraction of sp³-hybridized carbons (Fsp3) is 0.417. The highest BCUT2D eigenvalue weighted by atomic mass is 32.2. The summed E-state index contributed by atoms with van der Waals surface area (Å²) in [5.74, 6) is 0.323. The molecule has 0 saturated carbocycles. The van der Waals surface area contributed by atoms with E-state index in [9.17, 15) is 13.2 Å². The van der Waals surface area contributed by atoms with E-state index in [1.807, 2.05) is 30.5 Å². The Balaban J connectivity index is 1.87. The van der Waals surface area contributed by atoms with Gasteiger partial charge in [0.1, 0.15) is 11.9 Å². The predicted molar refractivity (Wildman–Crippen MR) is 136 cm³/mol. The van der Waals surface area contributed by atoms with Gasteiger partial charge < -0.3 is 14.8 Å². The van der Waals surface area contributed by atoms with E-state index in [0.29, 0.717) is 28.5 Å². The first-order chi connectivity index (χ1) is 16.0. The summed E-state index contributed by atoms with van der Waals surface area (Å²) in [6, 6.07) is 10.8. The summed E-state index contributed by atoms with van der Waals surface area (Å²) in [4.78, 5) is 12.6. The van der Waals surface area contributed by atoms with Crippen LogP contribution >= 0.6 is 11.8 Å². The monoisotopic (exact) mass is 507 g/mol. The van der Waals surface area contributed by atoms with Gasteiger partial charge in [-0.2, -0.15) is 4.31 Å². The number of rotatable bonds is 11. The number of ether oxygens (including phenoxy) is 2. The van der Waals surface area contributed by atoms with E-state index in [2.05, 4.69) is 5.32 Å². The van der Waals surface area contributed by atoms with Gasteiger partial charge >= 0.3 is 0 Å². The summed E-state index contributed by atoms with van der Waals surface area (Å²) in [6.45, 7) is 5.62. The number of carbonyl (C=O) groups is 1. The van der Waals surface area contributed by atoms with Gasteiger partial charge in [-0.15, -0.1) is 11.8 Å². The Morgan fingerprint density at radius 2 is 1.76 bits per heavy atom. The number of benzene rings is 2. The molecule has 0 fully saturated rings. The molecule has 0 heterocycles. The minimum atomic E-state index is -3.72. The molecule has 0 aliphatic rings. The zero-order valence-corrected chi connectivity index (χ0v) is 22.1. The number of carbonyl (C=O) groups excluding carboxylic acids is 1. The van der Waals surface area contributed by atoms with Crippen LogP contribution in [0.15, 0.2) is 41.3 Å². The van der Waals surface area contributed by atoms with Crippen molar-refractivity contribution in [1.82, 2.24) is 9.62 Å². The topological polar surface area (TPSA) is 109 Å². The second kappa shape index (κ2) is 12.3. The molecule has 2 aromatic rings. The molecule has 0 aromatic heterocycles. The lowest BCUT2D eigenvalue weighted by Gasteiger charge is -2.21. The maximum Gasteiger partial charge on any atom is 0.249 e. The smallest absolute Gasteiger partial charge is 0.249 e. The van der Waals surface area contributed by atoms with Crippen LogP contribution < -0.4 is 10.1 Å². The van der Waals surface area contributed by atoms with Crippen molar-refractivity contribution in [2.24, 2.45) is 0 Å². The van der Waals surface area contributed by atoms with Crippen molar-refractivity contribution >= 4 is 32.7 Å². The molecule has 2 rings (SSSR count). The predicted octanol–water partition coefficient (Wildman–Crippen LogP) is 3.34. The maximum atomic E-state index is 13.1. The zero-order valence-electron chi connectivity index (χ0n) is 20.5. The van der Waals surface area contributed by atoms with Crippen molar-refractivity contribution in [1.29, 1.82) is 5.41 Å². The van der Waals surface area contributed by atoms with Crippen molar-refractivity contribution < 1.29 is 22.7 Å². The van der Waals surface area contributed by atoms with Gasteiger partial charge in [-0.3, -0.25) is 10.2 Å². The Bertz CT molecular complexity index is 1090. The number of nitrogens with one attached hydrogen (secondary N) is 2. The summed E-state index contributed by atoms with van der Waals surface area (Å²) < 4.78 is 38.2. The van der Waals surface area contributed by atoms with E-state index in [4.69, 9.17) is 14.9 Å². The molecule has 0 aliphatic carbocycles. The van der Waals surface area contributed by atoms with Crippen LogP contribution in [0, 0.1) is 19.3 Å². The molecule has 186 valence electrons. The van der Waals surface area contributed by atoms with Crippen LogP contribution in [0.1, 0.15) is 29.2 Å². The highest BCUT2D eigenvalue weighted by molar-refractivity contribution is 8.13. The molecule has 1 amide bonds. The van der Waals surface area contributed by atoms with Crippen molar-refractivity contribution in [2.45, 2.75) is 38.3 Å². The Kier molecular flexibility index (Phi) is 10.1. The second-order valence-corrected chi connectivity index (χ2v) is 10.7. The SMILES string of the molecule is COc1cc(C)c(S(=O)(=O)N(C)CCOC(C)C(=O)NCc2ccc(C(=N)SC)cc2)c(C)c1. The van der Waals surface area contributed by atoms with Crippen molar-refractivity contribution in [3.05, 3.63) is 58.7 Å². The van der Waals surface area contributed by atoms with E-state index < -0.39 is 16.1 Å². The minimum Gasteiger partial charge on any atom is -0.497 e. The molecular formula is C24H33N3O5S2. The van der Waals surface area contributed by atoms with Gasteiger partial charge in [0.05, 0.1) is 23.7 Å². The lowest BCUT2D eigenvalue weighted by Crippen LogP contribution is -2.37. The van der Waals surface area contributed by atoms with E-state index in [0.717, 1.165) is 11.1 Å². The van der Waals surface area contributed by atoms with Crippen LogP contribution in [-0.4, -0.2) is 63.3 Å². The summed E-state index contributed by atoms with van der Waals surface area (Å²) in [6.07, 6.45) is 1.12. The Morgan fingerprint density at radius 1 is 1.18 bits per heavy atom. The fourth-order valence-electron chi connectivity index (χ4n) is 3.37. The van der Waals surface area contributed by atoms with Gasteiger partial charge in [0.15, 0.2) is 0 Å². The summed E-state index contributed by atoms with van der Waals surface area (Å²) in [5.41, 5.74) is 2.96. The molecule has 2 N–H and O–H groups in total. The largest absolute Gasteiger partial charge is 0.497 e. The third-order valence-corrected chi connectivity index (χ3v) is 8.18. The highest BCUT2D eigenvalue weighted by Gasteiger charge is 2.25. The standard InChI is InChI=1S/C24H33N3O5S2/c1-16-13-21(31-5)14-17(2)22(16)34(29,30)27(4)11-12-32-18(3)24(28)26-15-19-7-9-20(10-8-19)23(25)33-6/h7-10,13-14,18,25H,11-12,15H2,1-6H3,(H,26,28). The normalized spacial score (nSPS) is 12.4. The van der Waals surface area contributed by atoms with Crippen LogP contribution in [0.3, 0.4) is 0 Å². The number of methoxy groups -OCH3 is 1. The highest BCUT2D eigenvalue weighted by Crippen LogP contribution is 2.27. The third-order valence-electron chi connectivity index (χ3n) is 5.37. The summed E-state index contributed by atoms with van der Waals surface area (Å²) >= 11 is 1.37. The molecule has 1 unspecified atom stereocenters. The molecular weight excluding hydrogens is 474 g/mol. The number of nitrogens with zero attached hydrogens (tertiary/aromatic N) is 1. The first kappa shape index (κ1) is 27.8. The van der Waals surface area contributed by atoms with Crippen LogP contribution in [-0.2, 0) is 26.1 Å². The first-order valence-corrected chi connectivity index (χ1v) is 13.4. The molecule has 1 atom stereocenters. The number of sulfonamides is 1. The van der Waals surface area contributed by atoms with E-state index in [1.54, 1.807) is 32.9 Å². The second-order valence-electron chi connectivity index (χ2n) is 7.88. The number of aryl methyl sites for hydroxylation is 2. The third kappa shape index (κ3) is 7.05. The lowest BCUT2D eigenvalue weighted by molar-refractivity contribution is -0.131. The Morgan fingerprint density at radius 3 is 2.29 bits per heavy atom. The van der Waals surface area contributed by atoms with Gasteiger partial charge in [0, 0.05) is 25.7 Å². The quantitative estimate of drug-likeness (QED) is 0.357. The molecule has 0 saturated heterocycles. The van der Waals surface area contributed by atoms with Gasteiger partial charge in [-0.1, -0.05) is 24.3 Å². The van der Waals surface area contributed by atoms with Crippen LogP contribution in [0.4, 0.5) is 0 Å². The molecule has 0 aliphatic heterocycles. The van der Waals surface area contributed by atoms with Gasteiger partial charge in [-0.05, 0) is 55.9 Å². The zero-order chi connectivity index (χ0) is 25.5. The number of likely N-dealkylation sites (N-methyl/N-ethyl adjacent to an activating group) is 1. The Hall–Kier alpha value is -2.40. The molecule has 8 nitrogen and oxygen atoms in total. The van der Waals surface area contributed by atoms with Crippen molar-refractivity contribution in [3.63, 3.8) is 0 Å². The van der Waals surface area contributed by atoms with Crippen LogP contribution in [0.25, 0.3) is 0 Å². The first-order valence-electron chi connectivity index (χ1n) is 10.7. The average Bonchev–Trinajstić information content (AvgIpc) is 2.81. The fourth-order valence-corrected chi connectivity index (χ4v) is 5.30. The summed E-state index contributed by atoms with van der Waals surface area (Å²) in [5, 5.41) is 11.1. The number of amides is 1. The molecule has 34 heavy (non-hydrogen) atoms. The molecule has 2 aromatic carbocycles. The minimum absolute atomic E-state index is 0.0735. The Labute approximate surface area is 206 Å².